The SMILES string of the molecule is C=C/C(=C\CCCCCC)N(C)S(=O)(=O)c1ccc(C)cc1. The van der Waals surface area contributed by atoms with E-state index in [0.717, 1.165) is 18.4 Å². The Balaban J connectivity index is 2.85. The van der Waals surface area contributed by atoms with E-state index in [4.69, 9.17) is 0 Å². The Bertz CT molecular complexity index is 600. The van der Waals surface area contributed by atoms with Gasteiger partial charge in [-0.3, -0.25) is 4.31 Å². The zero-order valence-electron chi connectivity index (χ0n) is 13.9. The molecule has 1 aromatic rings. The Morgan fingerprint density at radius 3 is 2.36 bits per heavy atom. The number of hydrogen-bond acceptors (Lipinski definition) is 2. The zero-order valence-corrected chi connectivity index (χ0v) is 14.7. The zero-order chi connectivity index (χ0) is 16.6. The van der Waals surface area contributed by atoms with Crippen LogP contribution in [0.3, 0.4) is 0 Å². The first-order chi connectivity index (χ1) is 10.4. The van der Waals surface area contributed by atoms with E-state index in [1.807, 2.05) is 25.1 Å². The van der Waals surface area contributed by atoms with E-state index < -0.39 is 10.0 Å². The second-order valence-corrected chi connectivity index (χ2v) is 7.44. The van der Waals surface area contributed by atoms with Crippen LogP contribution in [0.25, 0.3) is 0 Å². The summed E-state index contributed by atoms with van der Waals surface area (Å²) >= 11 is 0. The van der Waals surface area contributed by atoms with E-state index in [2.05, 4.69) is 13.5 Å². The van der Waals surface area contributed by atoms with Crippen molar-refractivity contribution in [1.82, 2.24) is 4.31 Å². The average Bonchev–Trinajstić information content (AvgIpc) is 2.51. The van der Waals surface area contributed by atoms with Crippen LogP contribution in [-0.2, 0) is 10.0 Å². The fourth-order valence-corrected chi connectivity index (χ4v) is 3.39. The van der Waals surface area contributed by atoms with E-state index in [1.54, 1.807) is 25.3 Å². The molecule has 0 aliphatic rings. The van der Waals surface area contributed by atoms with Crippen molar-refractivity contribution in [2.45, 2.75) is 50.8 Å². The Kier molecular flexibility index (Phi) is 7.39. The number of sulfonamides is 1. The highest BCUT2D eigenvalue weighted by molar-refractivity contribution is 7.89. The summed E-state index contributed by atoms with van der Waals surface area (Å²) in [5.41, 5.74) is 1.68. The van der Waals surface area contributed by atoms with Crippen molar-refractivity contribution in [3.63, 3.8) is 0 Å². The third-order valence-electron chi connectivity index (χ3n) is 3.66. The molecule has 0 radical (unpaired) electrons. The highest BCUT2D eigenvalue weighted by atomic mass is 32.2. The van der Waals surface area contributed by atoms with Crippen LogP contribution in [0.5, 0.6) is 0 Å². The first-order valence-corrected chi connectivity index (χ1v) is 9.25. The van der Waals surface area contributed by atoms with Crippen molar-refractivity contribution in [3.05, 3.63) is 54.3 Å². The summed E-state index contributed by atoms with van der Waals surface area (Å²) in [6, 6.07) is 6.90. The molecule has 4 heteroatoms. The number of aryl methyl sites for hydroxylation is 1. The van der Waals surface area contributed by atoms with Gasteiger partial charge in [0.2, 0.25) is 0 Å². The van der Waals surface area contributed by atoms with Crippen molar-refractivity contribution < 1.29 is 8.42 Å². The summed E-state index contributed by atoms with van der Waals surface area (Å²) in [7, 11) is -1.94. The molecule has 0 unspecified atom stereocenters. The van der Waals surface area contributed by atoms with Crippen molar-refractivity contribution in [3.8, 4) is 0 Å². The van der Waals surface area contributed by atoms with Crippen LogP contribution in [0.2, 0.25) is 0 Å². The number of benzene rings is 1. The van der Waals surface area contributed by atoms with Gasteiger partial charge in [-0.15, -0.1) is 0 Å². The molecule has 0 spiro atoms. The number of allylic oxidation sites excluding steroid dienone is 2. The highest BCUT2D eigenvalue weighted by Crippen LogP contribution is 2.20. The van der Waals surface area contributed by atoms with Gasteiger partial charge in [-0.1, -0.05) is 56.5 Å². The number of rotatable bonds is 9. The standard InChI is InChI=1S/C18H27NO2S/c1-5-7-8-9-10-11-17(6-2)19(4)22(20,21)18-14-12-16(3)13-15-18/h6,11-15H,2,5,7-10H2,1,3-4H3/b17-11+. The predicted octanol–water partition coefficient (Wildman–Crippen LogP) is 4.66. The van der Waals surface area contributed by atoms with Gasteiger partial charge in [-0.25, -0.2) is 8.42 Å². The largest absolute Gasteiger partial charge is 0.270 e. The van der Waals surface area contributed by atoms with Crippen LogP contribution < -0.4 is 0 Å². The summed E-state index contributed by atoms with van der Waals surface area (Å²) < 4.78 is 26.5. The Labute approximate surface area is 135 Å². The minimum absolute atomic E-state index is 0.305. The molecule has 3 nitrogen and oxygen atoms in total. The molecule has 0 aliphatic heterocycles. The third kappa shape index (κ3) is 5.02. The molecule has 22 heavy (non-hydrogen) atoms. The summed E-state index contributed by atoms with van der Waals surface area (Å²) in [6.07, 6.45) is 9.08. The van der Waals surface area contributed by atoms with Crippen molar-refractivity contribution in [1.29, 1.82) is 0 Å². The van der Waals surface area contributed by atoms with E-state index >= 15 is 0 Å². The lowest BCUT2D eigenvalue weighted by molar-refractivity contribution is 0.528. The van der Waals surface area contributed by atoms with Crippen LogP contribution in [0.15, 0.2) is 53.6 Å². The molecule has 0 N–H and O–H groups in total. The van der Waals surface area contributed by atoms with E-state index in [9.17, 15) is 8.42 Å². The van der Waals surface area contributed by atoms with Crippen molar-refractivity contribution in [2.24, 2.45) is 0 Å². The maximum absolute atomic E-state index is 12.6. The minimum atomic E-state index is -3.52. The molecule has 0 fully saturated rings. The van der Waals surface area contributed by atoms with Crippen LogP contribution in [0.1, 0.15) is 44.6 Å². The molecule has 0 saturated heterocycles. The normalized spacial score (nSPS) is 12.2. The van der Waals surface area contributed by atoms with Gasteiger partial charge in [0.05, 0.1) is 4.90 Å². The molecular formula is C18H27NO2S. The smallest absolute Gasteiger partial charge is 0.264 e. The molecule has 1 rings (SSSR count). The van der Waals surface area contributed by atoms with E-state index in [0.29, 0.717) is 10.6 Å². The van der Waals surface area contributed by atoms with Gasteiger partial charge in [0.25, 0.3) is 10.0 Å². The molecule has 0 aromatic heterocycles. The molecule has 0 aliphatic carbocycles. The van der Waals surface area contributed by atoms with Gasteiger partial charge in [-0.05, 0) is 38.0 Å². The molecule has 122 valence electrons. The molecule has 0 saturated carbocycles. The summed E-state index contributed by atoms with van der Waals surface area (Å²) in [4.78, 5) is 0.305. The molecular weight excluding hydrogens is 294 g/mol. The Morgan fingerprint density at radius 1 is 1.18 bits per heavy atom. The monoisotopic (exact) mass is 321 g/mol. The van der Waals surface area contributed by atoms with Crippen LogP contribution in [0, 0.1) is 6.92 Å². The van der Waals surface area contributed by atoms with Gasteiger partial charge in [0, 0.05) is 12.7 Å². The summed E-state index contributed by atoms with van der Waals surface area (Å²) in [5, 5.41) is 0. The van der Waals surface area contributed by atoms with Crippen molar-refractivity contribution >= 4 is 10.0 Å². The average molecular weight is 321 g/mol. The Hall–Kier alpha value is -1.55. The van der Waals surface area contributed by atoms with Gasteiger partial charge < -0.3 is 0 Å². The second-order valence-electron chi connectivity index (χ2n) is 5.47. The summed E-state index contributed by atoms with van der Waals surface area (Å²) in [5.74, 6) is 0. The van der Waals surface area contributed by atoms with Gasteiger partial charge in [0.15, 0.2) is 0 Å². The van der Waals surface area contributed by atoms with Crippen LogP contribution >= 0.6 is 0 Å². The van der Waals surface area contributed by atoms with Gasteiger partial charge in [0.1, 0.15) is 0 Å². The van der Waals surface area contributed by atoms with Crippen LogP contribution in [0.4, 0.5) is 0 Å². The topological polar surface area (TPSA) is 37.4 Å². The lowest BCUT2D eigenvalue weighted by Crippen LogP contribution is -2.25. The van der Waals surface area contributed by atoms with Crippen LogP contribution in [-0.4, -0.2) is 19.8 Å². The molecule has 1 aromatic carbocycles. The fraction of sp³-hybridized carbons (Fsp3) is 0.444. The lowest BCUT2D eigenvalue weighted by Gasteiger charge is -2.20. The maximum Gasteiger partial charge on any atom is 0.264 e. The van der Waals surface area contributed by atoms with Gasteiger partial charge >= 0.3 is 0 Å². The quantitative estimate of drug-likeness (QED) is 0.490. The third-order valence-corrected chi connectivity index (χ3v) is 5.46. The summed E-state index contributed by atoms with van der Waals surface area (Å²) in [6.45, 7) is 7.85. The fourth-order valence-electron chi connectivity index (χ4n) is 2.17. The number of nitrogens with zero attached hydrogens (tertiary/aromatic N) is 1. The molecule has 0 atom stereocenters. The number of unbranched alkanes of at least 4 members (excludes halogenated alkanes) is 4. The molecule has 0 heterocycles. The number of likely N-dealkylation sites (N-methyl/N-ethyl adjacent to an activating group) is 1. The Morgan fingerprint density at radius 2 is 1.82 bits per heavy atom. The van der Waals surface area contributed by atoms with E-state index in [1.165, 1.54) is 23.6 Å². The molecule has 0 amide bonds. The second kappa shape index (κ2) is 8.79. The first kappa shape index (κ1) is 18.5. The lowest BCUT2D eigenvalue weighted by atomic mass is 10.1. The first-order valence-electron chi connectivity index (χ1n) is 7.81. The highest BCUT2D eigenvalue weighted by Gasteiger charge is 2.21. The van der Waals surface area contributed by atoms with Crippen molar-refractivity contribution in [2.75, 3.05) is 7.05 Å². The minimum Gasteiger partial charge on any atom is -0.270 e. The number of hydrogen-bond donors (Lipinski definition) is 0. The predicted molar refractivity (Wildman–Crippen MR) is 93.2 cm³/mol. The van der Waals surface area contributed by atoms with Gasteiger partial charge in [-0.2, -0.15) is 0 Å². The van der Waals surface area contributed by atoms with E-state index in [-0.39, 0.29) is 0 Å². The molecule has 0 bridgehead atoms. The maximum atomic E-state index is 12.6.